The molecular weight excluding hydrogens is 352 g/mol. The quantitative estimate of drug-likeness (QED) is 0.788. The van der Waals surface area contributed by atoms with E-state index in [2.05, 4.69) is 16.3 Å². The molecule has 0 spiro atoms. The number of carbonyl (C=O) groups excluding carboxylic acids is 1. The van der Waals surface area contributed by atoms with Gasteiger partial charge < -0.3 is 4.90 Å². The molecule has 1 aromatic heterocycles. The van der Waals surface area contributed by atoms with Crippen LogP contribution < -0.4 is 0 Å². The predicted molar refractivity (Wildman–Crippen MR) is 103 cm³/mol. The lowest BCUT2D eigenvalue weighted by molar-refractivity contribution is -0.138. The minimum Gasteiger partial charge on any atom is -0.341 e. The minimum absolute atomic E-state index is 0.214. The summed E-state index contributed by atoms with van der Waals surface area (Å²) in [7, 11) is 0. The highest BCUT2D eigenvalue weighted by molar-refractivity contribution is 7.10. The van der Waals surface area contributed by atoms with Crippen LogP contribution in [0, 0.1) is 0 Å². The highest BCUT2D eigenvalue weighted by atomic mass is 35.5. The number of hydrogen-bond acceptors (Lipinski definition) is 3. The number of piperidine rings is 1. The number of hydrogen-bond donors (Lipinski definition) is 0. The molecule has 1 atom stereocenters. The van der Waals surface area contributed by atoms with Gasteiger partial charge in [0.05, 0.1) is 0 Å². The number of fused-ring (bicyclic) bond motifs is 1. The van der Waals surface area contributed by atoms with Crippen LogP contribution in [0.3, 0.4) is 0 Å². The number of rotatable bonds is 3. The van der Waals surface area contributed by atoms with Crippen LogP contribution in [-0.4, -0.2) is 35.3 Å². The largest absolute Gasteiger partial charge is 0.341 e. The summed E-state index contributed by atoms with van der Waals surface area (Å²) >= 11 is 8.33. The van der Waals surface area contributed by atoms with Crippen molar-refractivity contribution in [2.75, 3.05) is 19.6 Å². The smallest absolute Gasteiger partial charge is 0.244 e. The summed E-state index contributed by atoms with van der Waals surface area (Å²) in [6.07, 6.45) is 4.45. The third kappa shape index (κ3) is 3.48. The first kappa shape index (κ1) is 17.1. The fraction of sp³-hybridized carbons (Fsp3) is 0.450. The second-order valence-corrected chi connectivity index (χ2v) is 8.31. The van der Waals surface area contributed by atoms with E-state index in [0.717, 1.165) is 51.0 Å². The van der Waals surface area contributed by atoms with Gasteiger partial charge in [-0.3, -0.25) is 9.69 Å². The van der Waals surface area contributed by atoms with Gasteiger partial charge in [-0.05, 0) is 54.3 Å². The summed E-state index contributed by atoms with van der Waals surface area (Å²) in [5.41, 5.74) is 2.30. The molecule has 3 nitrogen and oxygen atoms in total. The Bertz CT molecular complexity index is 754. The molecule has 2 aromatic rings. The lowest BCUT2D eigenvalue weighted by Crippen LogP contribution is -2.46. The second-order valence-electron chi connectivity index (χ2n) is 6.90. The van der Waals surface area contributed by atoms with Crippen molar-refractivity contribution in [2.24, 2.45) is 0 Å². The van der Waals surface area contributed by atoms with Gasteiger partial charge in [0.15, 0.2) is 0 Å². The topological polar surface area (TPSA) is 23.6 Å². The first-order valence-corrected chi connectivity index (χ1v) is 10.3. The van der Waals surface area contributed by atoms with Gasteiger partial charge in [-0.15, -0.1) is 11.3 Å². The predicted octanol–water partition coefficient (Wildman–Crippen LogP) is 4.51. The fourth-order valence-electron chi connectivity index (χ4n) is 3.96. The van der Waals surface area contributed by atoms with E-state index < -0.39 is 0 Å². The van der Waals surface area contributed by atoms with Gasteiger partial charge in [0, 0.05) is 36.1 Å². The second kappa shape index (κ2) is 7.48. The van der Waals surface area contributed by atoms with Crippen LogP contribution in [0.5, 0.6) is 0 Å². The van der Waals surface area contributed by atoms with Gasteiger partial charge in [-0.1, -0.05) is 29.8 Å². The van der Waals surface area contributed by atoms with Crippen LogP contribution in [-0.2, 0) is 17.8 Å². The molecule has 1 fully saturated rings. The molecule has 132 valence electrons. The third-order valence-electron chi connectivity index (χ3n) is 5.30. The van der Waals surface area contributed by atoms with Gasteiger partial charge in [0.1, 0.15) is 6.04 Å². The van der Waals surface area contributed by atoms with Crippen LogP contribution in [0.15, 0.2) is 35.7 Å². The molecule has 0 aliphatic carbocycles. The Morgan fingerprint density at radius 3 is 2.68 bits per heavy atom. The van der Waals surface area contributed by atoms with Crippen LogP contribution >= 0.6 is 22.9 Å². The van der Waals surface area contributed by atoms with Crippen molar-refractivity contribution < 1.29 is 4.79 Å². The number of thiophene rings is 1. The maximum Gasteiger partial charge on any atom is 0.244 e. The monoisotopic (exact) mass is 374 g/mol. The lowest BCUT2D eigenvalue weighted by atomic mass is 9.99. The Morgan fingerprint density at radius 1 is 1.08 bits per heavy atom. The van der Waals surface area contributed by atoms with Gasteiger partial charge >= 0.3 is 0 Å². The Balaban J connectivity index is 1.66. The zero-order chi connectivity index (χ0) is 17.2. The van der Waals surface area contributed by atoms with Crippen molar-refractivity contribution in [3.05, 3.63) is 56.7 Å². The Morgan fingerprint density at radius 2 is 1.88 bits per heavy atom. The van der Waals surface area contributed by atoms with Crippen molar-refractivity contribution in [1.29, 1.82) is 0 Å². The molecule has 2 aliphatic rings. The highest BCUT2D eigenvalue weighted by Crippen LogP contribution is 2.34. The number of likely N-dealkylation sites (tertiary alicyclic amines) is 1. The molecule has 0 bridgehead atoms. The minimum atomic E-state index is -0.278. The van der Waals surface area contributed by atoms with E-state index in [0.29, 0.717) is 5.02 Å². The SMILES string of the molecule is O=C(C(c1ccccc1Cl)N1CCc2sccc2C1)N1CCCCC1. The zero-order valence-corrected chi connectivity index (χ0v) is 15.9. The summed E-state index contributed by atoms with van der Waals surface area (Å²) in [5.74, 6) is 0.214. The number of amides is 1. The maximum atomic E-state index is 13.4. The number of halogens is 1. The van der Waals surface area contributed by atoms with Crippen LogP contribution in [0.25, 0.3) is 0 Å². The molecule has 1 saturated heterocycles. The van der Waals surface area contributed by atoms with E-state index in [-0.39, 0.29) is 11.9 Å². The van der Waals surface area contributed by atoms with Gasteiger partial charge in [0.25, 0.3) is 0 Å². The molecule has 0 saturated carbocycles. The van der Waals surface area contributed by atoms with Crippen LogP contribution in [0.2, 0.25) is 5.02 Å². The van der Waals surface area contributed by atoms with Crippen molar-refractivity contribution in [3.8, 4) is 0 Å². The first-order valence-electron chi connectivity index (χ1n) is 9.06. The van der Waals surface area contributed by atoms with E-state index in [1.54, 1.807) is 0 Å². The van der Waals surface area contributed by atoms with Crippen LogP contribution in [0.1, 0.15) is 41.3 Å². The first-order chi connectivity index (χ1) is 12.2. The van der Waals surface area contributed by atoms with Crippen molar-refractivity contribution in [1.82, 2.24) is 9.80 Å². The van der Waals surface area contributed by atoms with Gasteiger partial charge in [0.2, 0.25) is 5.91 Å². The van der Waals surface area contributed by atoms with E-state index >= 15 is 0 Å². The number of benzene rings is 1. The van der Waals surface area contributed by atoms with E-state index in [4.69, 9.17) is 11.6 Å². The maximum absolute atomic E-state index is 13.4. The highest BCUT2D eigenvalue weighted by Gasteiger charge is 2.35. The van der Waals surface area contributed by atoms with Crippen molar-refractivity contribution in [3.63, 3.8) is 0 Å². The summed E-state index contributed by atoms with van der Waals surface area (Å²) < 4.78 is 0. The average molecular weight is 375 g/mol. The number of carbonyl (C=O) groups is 1. The Kier molecular flexibility index (Phi) is 5.11. The molecule has 3 heterocycles. The van der Waals surface area contributed by atoms with E-state index in [9.17, 15) is 4.79 Å². The summed E-state index contributed by atoms with van der Waals surface area (Å²) in [6, 6.07) is 9.74. The normalized spacial score (nSPS) is 19.5. The molecule has 25 heavy (non-hydrogen) atoms. The summed E-state index contributed by atoms with van der Waals surface area (Å²) in [4.78, 5) is 19.2. The molecule has 5 heteroatoms. The summed E-state index contributed by atoms with van der Waals surface area (Å²) in [6.45, 7) is 3.48. The molecule has 1 amide bonds. The molecule has 0 N–H and O–H groups in total. The third-order valence-corrected chi connectivity index (χ3v) is 6.67. The van der Waals surface area contributed by atoms with Crippen LogP contribution in [0.4, 0.5) is 0 Å². The van der Waals surface area contributed by atoms with Crippen molar-refractivity contribution >= 4 is 28.8 Å². The Labute approximate surface area is 158 Å². The molecule has 4 rings (SSSR count). The van der Waals surface area contributed by atoms with E-state index in [1.807, 2.05) is 40.5 Å². The van der Waals surface area contributed by atoms with Gasteiger partial charge in [-0.25, -0.2) is 0 Å². The van der Waals surface area contributed by atoms with Crippen molar-refractivity contribution in [2.45, 2.75) is 38.3 Å². The molecule has 0 radical (unpaired) electrons. The standard InChI is InChI=1S/C20H23ClN2OS/c21-17-7-3-2-6-16(17)19(20(24)22-10-4-1-5-11-22)23-12-8-18-15(14-23)9-13-25-18/h2-3,6-7,9,13,19H,1,4-5,8,10-12,14H2. The molecule has 1 unspecified atom stereocenters. The molecule has 2 aliphatic heterocycles. The Hall–Kier alpha value is -1.36. The van der Waals surface area contributed by atoms with Gasteiger partial charge in [-0.2, -0.15) is 0 Å². The fourth-order valence-corrected chi connectivity index (χ4v) is 5.09. The van der Waals surface area contributed by atoms with E-state index in [1.165, 1.54) is 16.9 Å². The summed E-state index contributed by atoms with van der Waals surface area (Å²) in [5, 5.41) is 2.85. The number of nitrogens with zero attached hydrogens (tertiary/aromatic N) is 2. The molecule has 1 aromatic carbocycles. The zero-order valence-electron chi connectivity index (χ0n) is 14.3. The average Bonchev–Trinajstić information content (AvgIpc) is 3.12. The lowest BCUT2D eigenvalue weighted by Gasteiger charge is -2.38. The molecular formula is C20H23ClN2OS.